The summed E-state index contributed by atoms with van der Waals surface area (Å²) < 4.78 is 21.7. The minimum Gasteiger partial charge on any atom is -0.493 e. The SMILES string of the molecule is CCOCCCN1CC(=O)N(C)[C@@H](Cc2ccc(-c3cc(OC)c(OC)c(OC)c3)cc2)C1=O. The average Bonchev–Trinajstić information content (AvgIpc) is 2.86. The first-order valence-corrected chi connectivity index (χ1v) is 11.4. The molecular weight excluding hydrogens is 436 g/mol. The molecule has 1 aliphatic rings. The van der Waals surface area contributed by atoms with Crippen LogP contribution < -0.4 is 14.2 Å². The van der Waals surface area contributed by atoms with Gasteiger partial charge in [0.15, 0.2) is 11.5 Å². The standard InChI is InChI=1S/C26H34N2O6/c1-6-34-13-7-12-28-17-24(29)27(2)21(26(28)30)14-18-8-10-19(11-9-18)20-15-22(31-3)25(33-5)23(16-20)32-4/h8-11,15-16,21H,6-7,12-14,17H2,1-5H3/t21-/m0/s1. The number of rotatable bonds is 11. The van der Waals surface area contributed by atoms with E-state index in [1.807, 2.05) is 43.3 Å². The van der Waals surface area contributed by atoms with Gasteiger partial charge in [0, 0.05) is 33.2 Å². The second-order valence-corrected chi connectivity index (χ2v) is 8.15. The Hall–Kier alpha value is -3.26. The number of amides is 2. The Bertz CT molecular complexity index is 966. The summed E-state index contributed by atoms with van der Waals surface area (Å²) in [6.07, 6.45) is 1.17. The van der Waals surface area contributed by atoms with Crippen LogP contribution in [0.3, 0.4) is 0 Å². The summed E-state index contributed by atoms with van der Waals surface area (Å²) in [4.78, 5) is 28.8. The molecule has 1 saturated heterocycles. The van der Waals surface area contributed by atoms with Crippen LogP contribution in [0.25, 0.3) is 11.1 Å². The monoisotopic (exact) mass is 470 g/mol. The lowest BCUT2D eigenvalue weighted by Crippen LogP contribution is -2.59. The first kappa shape index (κ1) is 25.4. The van der Waals surface area contributed by atoms with Gasteiger partial charge in [0.25, 0.3) is 0 Å². The third kappa shape index (κ3) is 5.62. The van der Waals surface area contributed by atoms with E-state index < -0.39 is 6.04 Å². The first-order chi connectivity index (χ1) is 16.4. The van der Waals surface area contributed by atoms with Crippen molar-refractivity contribution < 1.29 is 28.5 Å². The van der Waals surface area contributed by atoms with Gasteiger partial charge in [-0.15, -0.1) is 0 Å². The lowest BCUT2D eigenvalue weighted by molar-refractivity contribution is -0.154. The fraction of sp³-hybridized carbons (Fsp3) is 0.462. The number of benzene rings is 2. The Kier molecular flexibility index (Phi) is 8.76. The van der Waals surface area contributed by atoms with Crippen LogP contribution in [0.2, 0.25) is 0 Å². The van der Waals surface area contributed by atoms with Gasteiger partial charge in [-0.3, -0.25) is 9.59 Å². The van der Waals surface area contributed by atoms with Crippen molar-refractivity contribution in [2.24, 2.45) is 0 Å². The number of nitrogens with zero attached hydrogens (tertiary/aromatic N) is 2. The van der Waals surface area contributed by atoms with Crippen LogP contribution in [0.5, 0.6) is 17.2 Å². The second-order valence-electron chi connectivity index (χ2n) is 8.15. The molecule has 0 saturated carbocycles. The topological polar surface area (TPSA) is 77.5 Å². The van der Waals surface area contributed by atoms with E-state index in [0.29, 0.717) is 49.8 Å². The summed E-state index contributed by atoms with van der Waals surface area (Å²) in [5.41, 5.74) is 2.87. The molecular formula is C26H34N2O6. The quantitative estimate of drug-likeness (QED) is 0.470. The fourth-order valence-electron chi connectivity index (χ4n) is 4.12. The van der Waals surface area contributed by atoms with Crippen molar-refractivity contribution in [3.63, 3.8) is 0 Å². The molecule has 0 N–H and O–H groups in total. The van der Waals surface area contributed by atoms with Gasteiger partial charge in [-0.2, -0.15) is 0 Å². The van der Waals surface area contributed by atoms with Gasteiger partial charge in [0.05, 0.1) is 27.9 Å². The number of hydrogen-bond acceptors (Lipinski definition) is 6. The molecule has 0 aliphatic carbocycles. The van der Waals surface area contributed by atoms with Gasteiger partial charge in [-0.1, -0.05) is 24.3 Å². The lowest BCUT2D eigenvalue weighted by Gasteiger charge is -2.38. The number of hydrogen-bond donors (Lipinski definition) is 0. The summed E-state index contributed by atoms with van der Waals surface area (Å²) >= 11 is 0. The molecule has 1 aliphatic heterocycles. The van der Waals surface area contributed by atoms with Crippen molar-refractivity contribution >= 4 is 11.8 Å². The maximum atomic E-state index is 13.1. The minimum atomic E-state index is -0.514. The molecule has 0 spiro atoms. The molecule has 8 heteroatoms. The molecule has 0 aromatic heterocycles. The number of carbonyl (C=O) groups excluding carboxylic acids is 2. The second kappa shape index (κ2) is 11.7. The van der Waals surface area contributed by atoms with Crippen LogP contribution in [0.1, 0.15) is 18.9 Å². The Balaban J connectivity index is 1.75. The van der Waals surface area contributed by atoms with E-state index in [0.717, 1.165) is 16.7 Å². The summed E-state index contributed by atoms with van der Waals surface area (Å²) in [7, 11) is 6.45. The zero-order valence-corrected chi connectivity index (χ0v) is 20.6. The third-order valence-corrected chi connectivity index (χ3v) is 6.09. The van der Waals surface area contributed by atoms with Crippen LogP contribution in [0.4, 0.5) is 0 Å². The molecule has 0 radical (unpaired) electrons. The average molecular weight is 471 g/mol. The maximum absolute atomic E-state index is 13.1. The minimum absolute atomic E-state index is 0.0210. The van der Waals surface area contributed by atoms with Gasteiger partial charge >= 0.3 is 0 Å². The lowest BCUT2D eigenvalue weighted by atomic mass is 9.98. The Morgan fingerprint density at radius 1 is 0.941 bits per heavy atom. The van der Waals surface area contributed by atoms with Gasteiger partial charge in [0.2, 0.25) is 17.6 Å². The van der Waals surface area contributed by atoms with Crippen LogP contribution in [0, 0.1) is 0 Å². The molecule has 184 valence electrons. The van der Waals surface area contributed by atoms with Crippen molar-refractivity contribution in [2.75, 3.05) is 54.7 Å². The van der Waals surface area contributed by atoms with E-state index in [4.69, 9.17) is 18.9 Å². The smallest absolute Gasteiger partial charge is 0.246 e. The van der Waals surface area contributed by atoms with Gasteiger partial charge < -0.3 is 28.7 Å². The normalized spacial score (nSPS) is 16.1. The molecule has 3 rings (SSSR count). The first-order valence-electron chi connectivity index (χ1n) is 11.4. The predicted molar refractivity (Wildman–Crippen MR) is 129 cm³/mol. The highest BCUT2D eigenvalue weighted by Gasteiger charge is 2.36. The summed E-state index contributed by atoms with van der Waals surface area (Å²) in [5.74, 6) is 1.64. The highest BCUT2D eigenvalue weighted by Crippen LogP contribution is 2.41. The highest BCUT2D eigenvalue weighted by molar-refractivity contribution is 5.95. The molecule has 8 nitrogen and oxygen atoms in total. The van der Waals surface area contributed by atoms with E-state index >= 15 is 0 Å². The zero-order chi connectivity index (χ0) is 24.7. The van der Waals surface area contributed by atoms with Crippen LogP contribution in [-0.4, -0.2) is 82.3 Å². The molecule has 1 atom stereocenters. The van der Waals surface area contributed by atoms with E-state index in [2.05, 4.69) is 0 Å². The van der Waals surface area contributed by atoms with Crippen molar-refractivity contribution in [1.82, 2.24) is 9.80 Å². The third-order valence-electron chi connectivity index (χ3n) is 6.09. The van der Waals surface area contributed by atoms with Gasteiger partial charge in [0.1, 0.15) is 6.04 Å². The van der Waals surface area contributed by atoms with Crippen molar-refractivity contribution in [3.05, 3.63) is 42.0 Å². The number of methoxy groups -OCH3 is 3. The largest absolute Gasteiger partial charge is 0.493 e. The van der Waals surface area contributed by atoms with E-state index in [-0.39, 0.29) is 18.4 Å². The predicted octanol–water partition coefficient (Wildman–Crippen LogP) is 3.02. The van der Waals surface area contributed by atoms with Crippen LogP contribution in [0.15, 0.2) is 36.4 Å². The zero-order valence-electron chi connectivity index (χ0n) is 20.6. The van der Waals surface area contributed by atoms with Crippen LogP contribution >= 0.6 is 0 Å². The number of likely N-dealkylation sites (N-methyl/N-ethyl adjacent to an activating group) is 1. The van der Waals surface area contributed by atoms with E-state index in [9.17, 15) is 9.59 Å². The van der Waals surface area contributed by atoms with E-state index in [1.165, 1.54) is 0 Å². The molecule has 2 aromatic rings. The Morgan fingerprint density at radius 3 is 2.15 bits per heavy atom. The molecule has 0 bridgehead atoms. The summed E-state index contributed by atoms with van der Waals surface area (Å²) in [5, 5.41) is 0. The number of carbonyl (C=O) groups is 2. The molecule has 2 amide bonds. The van der Waals surface area contributed by atoms with Gasteiger partial charge in [-0.05, 0) is 42.2 Å². The van der Waals surface area contributed by atoms with Crippen molar-refractivity contribution in [2.45, 2.75) is 25.8 Å². The summed E-state index contributed by atoms with van der Waals surface area (Å²) in [6, 6.07) is 11.2. The van der Waals surface area contributed by atoms with E-state index in [1.54, 1.807) is 38.2 Å². The molecule has 34 heavy (non-hydrogen) atoms. The maximum Gasteiger partial charge on any atom is 0.246 e. The van der Waals surface area contributed by atoms with Gasteiger partial charge in [-0.25, -0.2) is 0 Å². The molecule has 1 fully saturated rings. The molecule has 1 heterocycles. The fourth-order valence-corrected chi connectivity index (χ4v) is 4.12. The summed E-state index contributed by atoms with van der Waals surface area (Å²) in [6.45, 7) is 3.81. The Morgan fingerprint density at radius 2 is 1.59 bits per heavy atom. The number of ether oxygens (including phenoxy) is 4. The molecule has 2 aromatic carbocycles. The highest BCUT2D eigenvalue weighted by atomic mass is 16.5. The Labute approximate surface area is 201 Å². The van der Waals surface area contributed by atoms with Crippen LogP contribution in [-0.2, 0) is 20.7 Å². The van der Waals surface area contributed by atoms with Crippen molar-refractivity contribution in [1.29, 1.82) is 0 Å². The molecule has 0 unspecified atom stereocenters. The van der Waals surface area contributed by atoms with Crippen molar-refractivity contribution in [3.8, 4) is 28.4 Å². The number of piperazine rings is 1.